The van der Waals surface area contributed by atoms with Gasteiger partial charge in [0.1, 0.15) is 10.5 Å². The lowest BCUT2D eigenvalue weighted by molar-refractivity contribution is -0.123. The first-order valence-corrected chi connectivity index (χ1v) is 10.9. The number of nitrogens with zero attached hydrogens (tertiary/aromatic N) is 1. The number of amides is 1. The monoisotopic (exact) mass is 442 g/mol. The van der Waals surface area contributed by atoms with Gasteiger partial charge in [0.15, 0.2) is 18.1 Å². The van der Waals surface area contributed by atoms with Crippen molar-refractivity contribution in [3.8, 4) is 0 Å². The first-order chi connectivity index (χ1) is 15.0. The Bertz CT molecular complexity index is 1150. The number of fused-ring (bicyclic) bond motifs is 2. The maximum absolute atomic E-state index is 12.7. The molecule has 0 saturated heterocycles. The zero-order chi connectivity index (χ0) is 22.0. The molecule has 0 fully saturated rings. The Labute approximate surface area is 182 Å². The summed E-state index contributed by atoms with van der Waals surface area (Å²) >= 11 is 1.39. The fourth-order valence-electron chi connectivity index (χ4n) is 3.63. The largest absolute Gasteiger partial charge is 0.465 e. The summed E-state index contributed by atoms with van der Waals surface area (Å²) in [5.41, 5.74) is 2.70. The van der Waals surface area contributed by atoms with E-state index in [2.05, 4.69) is 10.3 Å². The molecule has 0 bridgehead atoms. The molecule has 1 atom stereocenters. The molecule has 2 aromatic heterocycles. The number of oxazole rings is 1. The number of aryl methyl sites for hydroxylation is 1. The van der Waals surface area contributed by atoms with Crippen LogP contribution in [0.2, 0.25) is 0 Å². The van der Waals surface area contributed by atoms with Crippen LogP contribution in [0.1, 0.15) is 57.3 Å². The second-order valence-electron chi connectivity index (χ2n) is 7.33. The average molecular weight is 442 g/mol. The van der Waals surface area contributed by atoms with E-state index in [-0.39, 0.29) is 5.56 Å². The molecule has 8 nitrogen and oxygen atoms in total. The third kappa shape index (κ3) is 4.32. The topological polar surface area (TPSA) is 108 Å². The molecule has 3 aromatic rings. The zero-order valence-corrected chi connectivity index (χ0v) is 18.0. The van der Waals surface area contributed by atoms with Crippen LogP contribution in [-0.4, -0.2) is 36.0 Å². The van der Waals surface area contributed by atoms with Crippen molar-refractivity contribution in [2.24, 2.45) is 0 Å². The standard InChI is InChI=1S/C22H22N2O6S/c1-12(30-21(26)13-8-9-16-15(10-13)23-11-29-16)19(25)24-20-18(22(27)28-2)14-6-4-3-5-7-17(14)31-20/h8-12H,3-7H2,1-2H3,(H,24,25). The number of esters is 2. The van der Waals surface area contributed by atoms with Crippen LogP contribution < -0.4 is 5.32 Å². The second-order valence-corrected chi connectivity index (χ2v) is 8.44. The Morgan fingerprint density at radius 1 is 1.16 bits per heavy atom. The predicted octanol–water partition coefficient (Wildman–Crippen LogP) is 4.13. The number of carbonyl (C=O) groups excluding carboxylic acids is 3. The van der Waals surface area contributed by atoms with Gasteiger partial charge in [-0.1, -0.05) is 6.42 Å². The zero-order valence-electron chi connectivity index (χ0n) is 17.2. The molecule has 0 spiro atoms. The highest BCUT2D eigenvalue weighted by atomic mass is 32.1. The average Bonchev–Trinajstić information content (AvgIpc) is 3.30. The van der Waals surface area contributed by atoms with Crippen LogP contribution in [0.4, 0.5) is 5.00 Å². The lowest BCUT2D eigenvalue weighted by atomic mass is 10.1. The van der Waals surface area contributed by atoms with Crippen molar-refractivity contribution in [2.75, 3.05) is 12.4 Å². The molecule has 1 amide bonds. The van der Waals surface area contributed by atoms with Crippen molar-refractivity contribution in [3.05, 3.63) is 46.2 Å². The number of anilines is 1. The summed E-state index contributed by atoms with van der Waals surface area (Å²) in [5, 5.41) is 3.20. The summed E-state index contributed by atoms with van der Waals surface area (Å²) < 4.78 is 15.4. The number of benzene rings is 1. The quantitative estimate of drug-likeness (QED) is 0.467. The van der Waals surface area contributed by atoms with Gasteiger partial charge in [-0.25, -0.2) is 14.6 Å². The van der Waals surface area contributed by atoms with Gasteiger partial charge in [-0.3, -0.25) is 4.79 Å². The van der Waals surface area contributed by atoms with Crippen LogP contribution in [-0.2, 0) is 27.1 Å². The molecule has 1 unspecified atom stereocenters. The van der Waals surface area contributed by atoms with Crippen LogP contribution in [0.3, 0.4) is 0 Å². The first-order valence-electron chi connectivity index (χ1n) is 10.1. The Morgan fingerprint density at radius 2 is 1.97 bits per heavy atom. The summed E-state index contributed by atoms with van der Waals surface area (Å²) in [6, 6.07) is 4.70. The minimum atomic E-state index is -1.06. The predicted molar refractivity (Wildman–Crippen MR) is 114 cm³/mol. The third-order valence-corrected chi connectivity index (χ3v) is 6.47. The van der Waals surface area contributed by atoms with E-state index in [1.165, 1.54) is 37.8 Å². The van der Waals surface area contributed by atoms with Gasteiger partial charge < -0.3 is 19.2 Å². The summed E-state index contributed by atoms with van der Waals surface area (Å²) in [6.07, 6.45) is 5.02. The smallest absolute Gasteiger partial charge is 0.341 e. The van der Waals surface area contributed by atoms with Gasteiger partial charge in [0, 0.05) is 4.88 Å². The van der Waals surface area contributed by atoms with Gasteiger partial charge in [-0.15, -0.1) is 11.3 Å². The fraction of sp³-hybridized carbons (Fsp3) is 0.364. The minimum Gasteiger partial charge on any atom is -0.465 e. The van der Waals surface area contributed by atoms with E-state index in [9.17, 15) is 14.4 Å². The Kier molecular flexibility index (Phi) is 6.03. The van der Waals surface area contributed by atoms with Crippen LogP contribution >= 0.6 is 11.3 Å². The summed E-state index contributed by atoms with van der Waals surface area (Å²) in [7, 11) is 1.32. The molecule has 162 valence electrons. The van der Waals surface area contributed by atoms with Crippen molar-refractivity contribution in [1.29, 1.82) is 0 Å². The number of carbonyl (C=O) groups is 3. The molecule has 31 heavy (non-hydrogen) atoms. The van der Waals surface area contributed by atoms with E-state index in [1.54, 1.807) is 12.1 Å². The number of aromatic nitrogens is 1. The molecule has 2 heterocycles. The van der Waals surface area contributed by atoms with Gasteiger partial charge in [-0.2, -0.15) is 0 Å². The number of hydrogen-bond donors (Lipinski definition) is 1. The number of methoxy groups -OCH3 is 1. The highest BCUT2D eigenvalue weighted by molar-refractivity contribution is 7.17. The highest BCUT2D eigenvalue weighted by Crippen LogP contribution is 2.38. The van der Waals surface area contributed by atoms with E-state index in [1.807, 2.05) is 0 Å². The van der Waals surface area contributed by atoms with E-state index < -0.39 is 23.9 Å². The molecule has 1 N–H and O–H groups in total. The Balaban J connectivity index is 1.49. The molecule has 4 rings (SSSR count). The first kappa shape index (κ1) is 21.0. The summed E-state index contributed by atoms with van der Waals surface area (Å²) in [4.78, 5) is 42.7. The molecule has 0 radical (unpaired) electrons. The second kappa shape index (κ2) is 8.89. The highest BCUT2D eigenvalue weighted by Gasteiger charge is 2.28. The maximum atomic E-state index is 12.7. The third-order valence-electron chi connectivity index (χ3n) is 5.27. The maximum Gasteiger partial charge on any atom is 0.341 e. The molecular formula is C22H22N2O6S. The number of rotatable bonds is 5. The Morgan fingerprint density at radius 3 is 2.77 bits per heavy atom. The molecule has 0 saturated carbocycles. The van der Waals surface area contributed by atoms with Crippen molar-refractivity contribution in [1.82, 2.24) is 4.98 Å². The molecule has 9 heteroatoms. The van der Waals surface area contributed by atoms with Gasteiger partial charge >= 0.3 is 11.9 Å². The normalized spacial score (nSPS) is 14.4. The van der Waals surface area contributed by atoms with Crippen molar-refractivity contribution >= 4 is 45.3 Å². The SMILES string of the molecule is COC(=O)c1c(NC(=O)C(C)OC(=O)c2ccc3ocnc3c2)sc2c1CCCCC2. The number of thiophene rings is 1. The summed E-state index contributed by atoms with van der Waals surface area (Å²) in [6.45, 7) is 1.48. The van der Waals surface area contributed by atoms with Crippen molar-refractivity contribution in [2.45, 2.75) is 45.1 Å². The van der Waals surface area contributed by atoms with Crippen LogP contribution in [0.25, 0.3) is 11.1 Å². The lowest BCUT2D eigenvalue weighted by Gasteiger charge is -2.14. The van der Waals surface area contributed by atoms with Gasteiger partial charge in [0.2, 0.25) is 0 Å². The Hall–Kier alpha value is -3.20. The van der Waals surface area contributed by atoms with Crippen molar-refractivity contribution < 1.29 is 28.3 Å². The van der Waals surface area contributed by atoms with E-state index in [0.29, 0.717) is 21.7 Å². The molecule has 1 aliphatic carbocycles. The molecule has 1 aromatic carbocycles. The molecule has 1 aliphatic rings. The van der Waals surface area contributed by atoms with Gasteiger partial charge in [-0.05, 0) is 56.4 Å². The van der Waals surface area contributed by atoms with E-state index >= 15 is 0 Å². The molecular weight excluding hydrogens is 420 g/mol. The van der Waals surface area contributed by atoms with E-state index in [4.69, 9.17) is 13.9 Å². The number of hydrogen-bond acceptors (Lipinski definition) is 8. The molecule has 0 aliphatic heterocycles. The van der Waals surface area contributed by atoms with E-state index in [0.717, 1.165) is 42.5 Å². The fourth-order valence-corrected chi connectivity index (χ4v) is 4.91. The number of ether oxygens (including phenoxy) is 2. The van der Waals surface area contributed by atoms with Crippen LogP contribution in [0.5, 0.6) is 0 Å². The van der Waals surface area contributed by atoms with Crippen LogP contribution in [0.15, 0.2) is 29.0 Å². The lowest BCUT2D eigenvalue weighted by Crippen LogP contribution is -2.30. The van der Waals surface area contributed by atoms with Gasteiger partial charge in [0.05, 0.1) is 18.2 Å². The van der Waals surface area contributed by atoms with Gasteiger partial charge in [0.25, 0.3) is 5.91 Å². The minimum absolute atomic E-state index is 0.263. The summed E-state index contributed by atoms with van der Waals surface area (Å²) in [5.74, 6) is -1.64. The van der Waals surface area contributed by atoms with Crippen LogP contribution in [0, 0.1) is 0 Å². The van der Waals surface area contributed by atoms with Crippen molar-refractivity contribution in [3.63, 3.8) is 0 Å². The number of nitrogens with one attached hydrogen (secondary N) is 1.